The smallest absolute Gasteiger partial charge is 0.427 e. The lowest BCUT2D eigenvalue weighted by Gasteiger charge is -2.34. The molecule has 4 aliphatic rings. The second-order valence-electron chi connectivity index (χ2n) is 17.4. The number of hydrogen-bond acceptors (Lipinski definition) is 9. The second kappa shape index (κ2) is 17.4. The standard InChI is InChI=1S/C41H60F3N5O8S/c1-9-10-15-31-27(4)35(45-22-32(31)55-8)56-30-19-29-20-33(50)48-40(24-46-58(53,54)39(7)16-17-39)21-28(40)14-12-11-13-25(2)18-26(3)34(36(51)49(29)23-30)47-37(52)57-38(5,6)41(42,43)44/h10,12,14-15,22,25-26,28-30,34,46H,9,11,13,16-21,23-24H2,1-8H3,(H,47,52)(H,48,50)/b14-12-,15-10-/t25-,26-,28-,29+,30-,34+,40+/m1/s1. The molecule has 0 spiro atoms. The van der Waals surface area contributed by atoms with Gasteiger partial charge >= 0.3 is 12.3 Å². The molecule has 5 rings (SSSR count). The van der Waals surface area contributed by atoms with E-state index in [9.17, 15) is 36.0 Å². The third kappa shape index (κ3) is 10.3. The van der Waals surface area contributed by atoms with Crippen LogP contribution in [0.5, 0.6) is 11.6 Å². The van der Waals surface area contributed by atoms with Crippen LogP contribution in [0.15, 0.2) is 24.4 Å². The summed E-state index contributed by atoms with van der Waals surface area (Å²) in [5, 5.41) is 5.58. The molecule has 1 aromatic rings. The van der Waals surface area contributed by atoms with Gasteiger partial charge in [0.1, 0.15) is 17.9 Å². The number of rotatable bonds is 11. The van der Waals surface area contributed by atoms with Gasteiger partial charge in [-0.15, -0.1) is 0 Å². The van der Waals surface area contributed by atoms with Crippen molar-refractivity contribution in [1.82, 2.24) is 25.2 Å². The number of halogens is 3. The van der Waals surface area contributed by atoms with Gasteiger partial charge in [0.15, 0.2) is 0 Å². The molecular weight excluding hydrogens is 780 g/mol. The van der Waals surface area contributed by atoms with E-state index in [4.69, 9.17) is 14.2 Å². The SMILES string of the molecule is CC/C=C\c1c(OC)cnc(O[C@@H]2C[C@H]3CC(=O)N[C@]4(CNS(=O)(=O)C5(C)CC5)C[C@H]4/C=C\CC[C@@H](C)C[C@@H](C)[C@H](NC(=O)OC(C)(C)C(F)(F)F)C(=O)N3C2)c1C. The van der Waals surface area contributed by atoms with E-state index in [1.165, 1.54) is 4.90 Å². The van der Waals surface area contributed by atoms with E-state index >= 15 is 0 Å². The van der Waals surface area contributed by atoms with Gasteiger partial charge in [-0.2, -0.15) is 13.2 Å². The van der Waals surface area contributed by atoms with Gasteiger partial charge < -0.3 is 29.7 Å². The number of aromatic nitrogens is 1. The van der Waals surface area contributed by atoms with Crippen molar-refractivity contribution in [2.45, 2.75) is 147 Å². The van der Waals surface area contributed by atoms with Gasteiger partial charge in [0.05, 0.1) is 30.1 Å². The number of hydrogen-bond donors (Lipinski definition) is 3. The maximum absolute atomic E-state index is 14.7. The highest BCUT2D eigenvalue weighted by Gasteiger charge is 2.57. The van der Waals surface area contributed by atoms with Gasteiger partial charge in [0, 0.05) is 42.5 Å². The lowest BCUT2D eigenvalue weighted by Crippen LogP contribution is -2.56. The molecule has 2 aliphatic carbocycles. The van der Waals surface area contributed by atoms with Gasteiger partial charge in [0.25, 0.3) is 0 Å². The Balaban J connectivity index is 1.46. The molecule has 13 nitrogen and oxygen atoms in total. The van der Waals surface area contributed by atoms with Crippen molar-refractivity contribution in [2.75, 3.05) is 20.2 Å². The molecule has 17 heteroatoms. The molecule has 2 saturated carbocycles. The summed E-state index contributed by atoms with van der Waals surface area (Å²) in [5.41, 5.74) is -2.23. The maximum Gasteiger partial charge on any atom is 0.427 e. The molecule has 3 heterocycles. The molecule has 324 valence electrons. The number of ether oxygens (including phenoxy) is 3. The number of carbonyl (C=O) groups is 3. The van der Waals surface area contributed by atoms with Crippen molar-refractivity contribution in [1.29, 1.82) is 0 Å². The topological polar surface area (TPSA) is 165 Å². The van der Waals surface area contributed by atoms with E-state index in [-0.39, 0.29) is 37.8 Å². The number of carbonyl (C=O) groups excluding carboxylic acids is 3. The van der Waals surface area contributed by atoms with Gasteiger partial charge in [-0.25, -0.2) is 22.9 Å². The number of nitrogens with one attached hydrogen (secondary N) is 3. The third-order valence-corrected chi connectivity index (χ3v) is 14.4. The summed E-state index contributed by atoms with van der Waals surface area (Å²) >= 11 is 0. The number of alkyl carbamates (subject to hydrolysis) is 1. The van der Waals surface area contributed by atoms with Crippen LogP contribution in [-0.4, -0.2) is 96.7 Å². The quantitative estimate of drug-likeness (QED) is 0.215. The average Bonchev–Trinajstić information content (AvgIpc) is 4.01. The Hall–Kier alpha value is -3.86. The van der Waals surface area contributed by atoms with Crippen molar-refractivity contribution in [3.8, 4) is 11.6 Å². The monoisotopic (exact) mass is 839 g/mol. The third-order valence-electron chi connectivity index (χ3n) is 12.2. The fourth-order valence-electron chi connectivity index (χ4n) is 7.85. The van der Waals surface area contributed by atoms with Crippen LogP contribution in [0.3, 0.4) is 0 Å². The molecule has 7 atom stereocenters. The van der Waals surface area contributed by atoms with Crippen LogP contribution in [0.25, 0.3) is 6.08 Å². The molecule has 1 saturated heterocycles. The van der Waals surface area contributed by atoms with Crippen molar-refractivity contribution in [2.24, 2.45) is 17.8 Å². The van der Waals surface area contributed by atoms with E-state index < -0.39 is 74.1 Å². The van der Waals surface area contributed by atoms with Crippen LogP contribution in [0.2, 0.25) is 0 Å². The van der Waals surface area contributed by atoms with Crippen LogP contribution in [0.1, 0.15) is 110 Å². The lowest BCUT2D eigenvalue weighted by molar-refractivity contribution is -0.244. The van der Waals surface area contributed by atoms with E-state index in [1.807, 2.05) is 45.1 Å². The minimum absolute atomic E-state index is 0.0114. The van der Waals surface area contributed by atoms with Gasteiger partial charge in [0.2, 0.25) is 33.3 Å². The van der Waals surface area contributed by atoms with Gasteiger partial charge in [-0.3, -0.25) is 9.59 Å². The highest BCUT2D eigenvalue weighted by atomic mass is 32.2. The molecular formula is C41H60F3N5O8S. The predicted molar refractivity (Wildman–Crippen MR) is 212 cm³/mol. The number of pyridine rings is 1. The molecule has 0 unspecified atom stereocenters. The summed E-state index contributed by atoms with van der Waals surface area (Å²) in [6.07, 6.45) is 6.79. The van der Waals surface area contributed by atoms with Crippen LogP contribution < -0.4 is 24.8 Å². The number of nitrogens with zero attached hydrogens (tertiary/aromatic N) is 2. The van der Waals surface area contributed by atoms with Crippen LogP contribution in [0, 0.1) is 24.7 Å². The average molecular weight is 840 g/mol. The van der Waals surface area contributed by atoms with E-state index in [1.54, 1.807) is 27.2 Å². The van der Waals surface area contributed by atoms with Crippen molar-refractivity contribution in [3.05, 3.63) is 35.6 Å². The predicted octanol–water partition coefficient (Wildman–Crippen LogP) is 6.36. The summed E-state index contributed by atoms with van der Waals surface area (Å²) in [5.74, 6) is -0.746. The molecule has 2 aliphatic heterocycles. The summed E-state index contributed by atoms with van der Waals surface area (Å²) in [7, 11) is -2.09. The molecule has 0 aromatic carbocycles. The fourth-order valence-corrected chi connectivity index (χ4v) is 9.29. The Morgan fingerprint density at radius 2 is 1.88 bits per heavy atom. The zero-order chi connectivity index (χ0) is 42.8. The Kier molecular flexibility index (Phi) is 13.6. The van der Waals surface area contributed by atoms with Crippen molar-refractivity contribution < 1.29 is 50.2 Å². The van der Waals surface area contributed by atoms with Gasteiger partial charge in [-0.05, 0) is 84.5 Å². The summed E-state index contributed by atoms with van der Waals surface area (Å²) in [6, 6.07) is -2.05. The first-order valence-electron chi connectivity index (χ1n) is 20.3. The molecule has 3 amide bonds. The number of allylic oxidation sites excluding steroid dienone is 2. The van der Waals surface area contributed by atoms with E-state index in [0.29, 0.717) is 55.7 Å². The molecule has 1 aromatic heterocycles. The summed E-state index contributed by atoms with van der Waals surface area (Å²) in [4.78, 5) is 47.9. The fraction of sp³-hybridized carbons (Fsp3) is 0.707. The summed E-state index contributed by atoms with van der Waals surface area (Å²) in [6.45, 7) is 10.8. The van der Waals surface area contributed by atoms with Gasteiger partial charge in [-0.1, -0.05) is 45.1 Å². The lowest BCUT2D eigenvalue weighted by atomic mass is 9.88. The first kappa shape index (κ1) is 45.2. The van der Waals surface area contributed by atoms with Crippen LogP contribution in [-0.2, 0) is 24.3 Å². The highest BCUT2D eigenvalue weighted by molar-refractivity contribution is 7.91. The van der Waals surface area contributed by atoms with E-state index in [2.05, 4.69) is 20.3 Å². The number of methoxy groups -OCH3 is 1. The Morgan fingerprint density at radius 1 is 1.17 bits per heavy atom. The second-order valence-corrected chi connectivity index (χ2v) is 19.7. The Labute approximate surface area is 340 Å². The molecule has 0 radical (unpaired) electrons. The number of alkyl halides is 3. The molecule has 3 N–H and O–H groups in total. The highest BCUT2D eigenvalue weighted by Crippen LogP contribution is 2.47. The first-order chi connectivity index (χ1) is 27.0. The zero-order valence-electron chi connectivity index (χ0n) is 34.8. The Bertz CT molecular complexity index is 1870. The largest absolute Gasteiger partial charge is 0.494 e. The minimum atomic E-state index is -4.87. The number of sulfonamides is 1. The zero-order valence-corrected chi connectivity index (χ0v) is 35.6. The van der Waals surface area contributed by atoms with Crippen LogP contribution in [0.4, 0.5) is 18.0 Å². The van der Waals surface area contributed by atoms with Crippen molar-refractivity contribution >= 4 is 34.0 Å². The first-order valence-corrected chi connectivity index (χ1v) is 21.7. The normalized spacial score (nSPS) is 29.9. The number of amides is 3. The summed E-state index contributed by atoms with van der Waals surface area (Å²) < 4.78 is 86.2. The number of fused-ring (bicyclic) bond motifs is 2. The van der Waals surface area contributed by atoms with Crippen LogP contribution >= 0.6 is 0 Å². The van der Waals surface area contributed by atoms with Crippen molar-refractivity contribution in [3.63, 3.8) is 0 Å². The minimum Gasteiger partial charge on any atom is -0.494 e. The van der Waals surface area contributed by atoms with E-state index in [0.717, 1.165) is 25.8 Å². The molecule has 58 heavy (non-hydrogen) atoms. The maximum atomic E-state index is 14.7. The Morgan fingerprint density at radius 3 is 2.52 bits per heavy atom. The molecule has 0 bridgehead atoms. The molecule has 3 fully saturated rings.